The molecule has 0 spiro atoms. The second kappa shape index (κ2) is 7.52. The molecule has 0 aliphatic heterocycles. The maximum absolute atomic E-state index is 9.40. The van der Waals surface area contributed by atoms with Crippen LogP contribution in [-0.2, 0) is 6.42 Å². The molecule has 0 aliphatic rings. The van der Waals surface area contributed by atoms with Crippen molar-refractivity contribution >= 4 is 11.2 Å². The Bertz CT molecular complexity index is 1240. The minimum absolute atomic E-state index is 0.684. The van der Waals surface area contributed by atoms with Crippen molar-refractivity contribution in [1.29, 1.82) is 5.26 Å². The topological polar surface area (TPSA) is 54.5 Å². The van der Waals surface area contributed by atoms with Gasteiger partial charge in [0.15, 0.2) is 5.65 Å². The first-order chi connectivity index (χ1) is 14.0. The van der Waals surface area contributed by atoms with Crippen LogP contribution in [0.2, 0.25) is 0 Å². The summed E-state index contributed by atoms with van der Waals surface area (Å²) >= 11 is 0. The highest BCUT2D eigenvalue weighted by molar-refractivity contribution is 5.80. The Balaban J connectivity index is 1.88. The molecule has 0 saturated heterocycles. The number of benzene rings is 2. The summed E-state index contributed by atoms with van der Waals surface area (Å²) in [6.07, 6.45) is 1.92. The molecule has 0 N–H and O–H groups in total. The van der Waals surface area contributed by atoms with Crippen molar-refractivity contribution in [2.24, 2.45) is 0 Å². The zero-order valence-electron chi connectivity index (χ0n) is 17.3. The lowest BCUT2D eigenvalue weighted by molar-refractivity contribution is 0.815. The van der Waals surface area contributed by atoms with Gasteiger partial charge in [-0.2, -0.15) is 5.26 Å². The zero-order chi connectivity index (χ0) is 20.5. The first-order valence-corrected chi connectivity index (χ1v) is 10.00. The Morgan fingerprint density at radius 2 is 1.66 bits per heavy atom. The van der Waals surface area contributed by atoms with E-state index in [-0.39, 0.29) is 0 Å². The summed E-state index contributed by atoms with van der Waals surface area (Å²) in [6.45, 7) is 8.46. The molecule has 0 aliphatic carbocycles. The summed E-state index contributed by atoms with van der Waals surface area (Å²) in [6, 6.07) is 18.3. The van der Waals surface area contributed by atoms with Gasteiger partial charge in [-0.25, -0.2) is 9.97 Å². The number of aromatic nitrogens is 3. The van der Waals surface area contributed by atoms with Crippen molar-refractivity contribution in [2.45, 2.75) is 40.5 Å². The summed E-state index contributed by atoms with van der Waals surface area (Å²) in [5, 5.41) is 9.40. The summed E-state index contributed by atoms with van der Waals surface area (Å²) in [5.41, 5.74) is 9.05. The van der Waals surface area contributed by atoms with Gasteiger partial charge in [-0.3, -0.25) is 4.57 Å². The van der Waals surface area contributed by atoms with Gasteiger partial charge in [0.1, 0.15) is 11.3 Å². The summed E-state index contributed by atoms with van der Waals surface area (Å²) in [5.74, 6) is 1.04. The van der Waals surface area contributed by atoms with E-state index < -0.39 is 0 Å². The molecule has 4 rings (SSSR count). The van der Waals surface area contributed by atoms with Crippen LogP contribution in [0, 0.1) is 32.1 Å². The van der Waals surface area contributed by atoms with E-state index in [4.69, 9.17) is 9.97 Å². The number of nitrogens with zero attached hydrogens (tertiary/aromatic N) is 4. The minimum Gasteiger partial charge on any atom is -0.281 e. The van der Waals surface area contributed by atoms with Crippen LogP contribution in [0.1, 0.15) is 41.6 Å². The van der Waals surface area contributed by atoms with Crippen molar-refractivity contribution in [3.63, 3.8) is 0 Å². The van der Waals surface area contributed by atoms with Crippen LogP contribution in [0.5, 0.6) is 0 Å². The number of imidazole rings is 1. The quantitative estimate of drug-likeness (QED) is 0.447. The van der Waals surface area contributed by atoms with Crippen LogP contribution in [0.15, 0.2) is 48.5 Å². The second-order valence-electron chi connectivity index (χ2n) is 7.44. The number of hydrogen-bond acceptors (Lipinski definition) is 3. The van der Waals surface area contributed by atoms with E-state index in [1.54, 1.807) is 0 Å². The third kappa shape index (κ3) is 3.19. The molecule has 0 amide bonds. The Hall–Kier alpha value is -3.45. The predicted molar refractivity (Wildman–Crippen MR) is 117 cm³/mol. The van der Waals surface area contributed by atoms with E-state index in [0.717, 1.165) is 52.3 Å². The van der Waals surface area contributed by atoms with Crippen LogP contribution in [0.4, 0.5) is 0 Å². The highest BCUT2D eigenvalue weighted by Gasteiger charge is 2.17. The number of hydrogen-bond donors (Lipinski definition) is 0. The van der Waals surface area contributed by atoms with Gasteiger partial charge in [0.05, 0.1) is 11.6 Å². The second-order valence-corrected chi connectivity index (χ2v) is 7.44. The molecule has 2 heterocycles. The Morgan fingerprint density at radius 1 is 0.931 bits per heavy atom. The molecule has 0 fully saturated rings. The maximum Gasteiger partial charge on any atom is 0.165 e. The molecule has 0 unspecified atom stereocenters. The largest absolute Gasteiger partial charge is 0.281 e. The molecule has 0 bridgehead atoms. The molecule has 144 valence electrons. The number of aryl methyl sites for hydroxylation is 3. The Morgan fingerprint density at radius 3 is 2.34 bits per heavy atom. The molecule has 4 heteroatoms. The van der Waals surface area contributed by atoms with E-state index in [2.05, 4.69) is 62.6 Å². The third-order valence-corrected chi connectivity index (χ3v) is 5.61. The fraction of sp³-hybridized carbons (Fsp3) is 0.240. The zero-order valence-corrected chi connectivity index (χ0v) is 17.3. The standard InChI is InChI=1S/C25H24N4/c1-5-8-23-28-24-17(3)16(2)18(4)27-25(24)29(23)21-13-11-19(12-14-21)22-10-7-6-9-20(22)15-26/h6-7,9-14H,5,8H2,1-4H3. The Labute approximate surface area is 171 Å². The average Bonchev–Trinajstić information content (AvgIpc) is 3.10. The van der Waals surface area contributed by atoms with Crippen molar-refractivity contribution in [1.82, 2.24) is 14.5 Å². The molecular weight excluding hydrogens is 356 g/mol. The molecule has 29 heavy (non-hydrogen) atoms. The monoisotopic (exact) mass is 380 g/mol. The van der Waals surface area contributed by atoms with Gasteiger partial charge in [-0.1, -0.05) is 37.3 Å². The number of nitriles is 1. The molecule has 4 nitrogen and oxygen atoms in total. The van der Waals surface area contributed by atoms with E-state index in [0.29, 0.717) is 5.56 Å². The number of rotatable bonds is 4. The van der Waals surface area contributed by atoms with Gasteiger partial charge >= 0.3 is 0 Å². The molecule has 0 radical (unpaired) electrons. The first kappa shape index (κ1) is 18.9. The van der Waals surface area contributed by atoms with Gasteiger partial charge in [-0.05, 0) is 67.6 Å². The van der Waals surface area contributed by atoms with Crippen molar-refractivity contribution in [3.05, 3.63) is 76.7 Å². The number of fused-ring (bicyclic) bond motifs is 1. The van der Waals surface area contributed by atoms with Crippen LogP contribution in [0.3, 0.4) is 0 Å². The SMILES string of the molecule is CCCc1nc2c(C)c(C)c(C)nc2n1-c1ccc(-c2ccccc2C#N)cc1. The van der Waals surface area contributed by atoms with Gasteiger partial charge in [0.2, 0.25) is 0 Å². The van der Waals surface area contributed by atoms with Gasteiger partial charge in [0, 0.05) is 17.8 Å². The van der Waals surface area contributed by atoms with Gasteiger partial charge in [0.25, 0.3) is 0 Å². The molecule has 0 saturated carbocycles. The highest BCUT2D eigenvalue weighted by Crippen LogP contribution is 2.29. The molecule has 2 aromatic heterocycles. The normalized spacial score (nSPS) is 11.0. The molecule has 2 aromatic carbocycles. The maximum atomic E-state index is 9.40. The summed E-state index contributed by atoms with van der Waals surface area (Å²) in [7, 11) is 0. The molecule has 4 aromatic rings. The molecular formula is C25H24N4. The summed E-state index contributed by atoms with van der Waals surface area (Å²) in [4.78, 5) is 9.83. The van der Waals surface area contributed by atoms with Crippen molar-refractivity contribution < 1.29 is 0 Å². The van der Waals surface area contributed by atoms with Crippen LogP contribution in [0.25, 0.3) is 28.0 Å². The minimum atomic E-state index is 0.684. The molecule has 0 atom stereocenters. The van der Waals surface area contributed by atoms with Gasteiger partial charge < -0.3 is 0 Å². The smallest absolute Gasteiger partial charge is 0.165 e. The van der Waals surface area contributed by atoms with Gasteiger partial charge in [-0.15, -0.1) is 0 Å². The average molecular weight is 380 g/mol. The first-order valence-electron chi connectivity index (χ1n) is 10.00. The number of pyridine rings is 1. The predicted octanol–water partition coefficient (Wildman–Crippen LogP) is 5.84. The highest BCUT2D eigenvalue weighted by atomic mass is 15.1. The lowest BCUT2D eigenvalue weighted by atomic mass is 10.0. The van der Waals surface area contributed by atoms with Crippen LogP contribution < -0.4 is 0 Å². The van der Waals surface area contributed by atoms with E-state index in [1.807, 2.05) is 24.3 Å². The third-order valence-electron chi connectivity index (χ3n) is 5.61. The van der Waals surface area contributed by atoms with Crippen molar-refractivity contribution in [3.8, 4) is 22.9 Å². The summed E-state index contributed by atoms with van der Waals surface area (Å²) < 4.78 is 2.18. The van der Waals surface area contributed by atoms with Crippen LogP contribution >= 0.6 is 0 Å². The fourth-order valence-corrected chi connectivity index (χ4v) is 3.79. The lowest BCUT2D eigenvalue weighted by Crippen LogP contribution is -2.03. The van der Waals surface area contributed by atoms with E-state index >= 15 is 0 Å². The lowest BCUT2D eigenvalue weighted by Gasteiger charge is -2.11. The van der Waals surface area contributed by atoms with Crippen molar-refractivity contribution in [2.75, 3.05) is 0 Å². The fourth-order valence-electron chi connectivity index (χ4n) is 3.79. The van der Waals surface area contributed by atoms with Crippen LogP contribution in [-0.4, -0.2) is 14.5 Å². The Kier molecular flexibility index (Phi) is 4.90. The van der Waals surface area contributed by atoms with E-state index in [9.17, 15) is 5.26 Å². The van der Waals surface area contributed by atoms with E-state index in [1.165, 1.54) is 11.1 Å².